The van der Waals surface area contributed by atoms with Crippen LogP contribution >= 0.6 is 0 Å². The van der Waals surface area contributed by atoms with E-state index in [2.05, 4.69) is 162 Å². The van der Waals surface area contributed by atoms with E-state index < -0.39 is 0 Å². The molecule has 2 aliphatic carbocycles. The summed E-state index contributed by atoms with van der Waals surface area (Å²) in [4.78, 5) is 2.43. The summed E-state index contributed by atoms with van der Waals surface area (Å²) >= 11 is 0. The lowest BCUT2D eigenvalue weighted by atomic mass is 9.55. The molecule has 0 fully saturated rings. The van der Waals surface area contributed by atoms with Crippen LogP contribution in [-0.4, -0.2) is 0 Å². The van der Waals surface area contributed by atoms with E-state index >= 15 is 0 Å². The number of benzene rings is 5. The molecular formula is C39H37N. The first-order chi connectivity index (χ1) is 19.1. The van der Waals surface area contributed by atoms with E-state index in [9.17, 15) is 0 Å². The first-order valence-electron chi connectivity index (χ1n) is 14.5. The molecule has 0 aromatic heterocycles. The predicted molar refractivity (Wildman–Crippen MR) is 170 cm³/mol. The van der Waals surface area contributed by atoms with Gasteiger partial charge in [-0.15, -0.1) is 0 Å². The molecule has 1 nitrogen and oxygen atoms in total. The number of anilines is 3. The highest BCUT2D eigenvalue weighted by Crippen LogP contribution is 2.55. The summed E-state index contributed by atoms with van der Waals surface area (Å²) in [6, 6.07) is 42.8. The largest absolute Gasteiger partial charge is 0.310 e. The summed E-state index contributed by atoms with van der Waals surface area (Å²) in [5, 5.41) is 0. The van der Waals surface area contributed by atoms with Crippen molar-refractivity contribution in [1.29, 1.82) is 0 Å². The van der Waals surface area contributed by atoms with Crippen LogP contribution in [0.25, 0.3) is 22.3 Å². The highest BCUT2D eigenvalue weighted by Gasteiger charge is 2.46. The fourth-order valence-electron chi connectivity index (χ4n) is 7.22. The molecule has 0 spiro atoms. The average Bonchev–Trinajstić information content (AvgIpc) is 3.19. The van der Waals surface area contributed by atoms with Gasteiger partial charge in [0.2, 0.25) is 0 Å². The van der Waals surface area contributed by atoms with Crippen molar-refractivity contribution in [3.05, 3.63) is 138 Å². The summed E-state index contributed by atoms with van der Waals surface area (Å²) in [6.45, 7) is 14.3. The second kappa shape index (κ2) is 8.45. The Morgan fingerprint density at radius 3 is 1.48 bits per heavy atom. The average molecular weight is 520 g/mol. The van der Waals surface area contributed by atoms with Crippen molar-refractivity contribution in [2.75, 3.05) is 4.90 Å². The van der Waals surface area contributed by atoms with E-state index in [0.29, 0.717) is 0 Å². The highest BCUT2D eigenvalue weighted by atomic mass is 15.1. The molecule has 40 heavy (non-hydrogen) atoms. The van der Waals surface area contributed by atoms with Gasteiger partial charge in [0.1, 0.15) is 0 Å². The third-order valence-electron chi connectivity index (χ3n) is 10.2. The molecule has 0 atom stereocenters. The van der Waals surface area contributed by atoms with E-state index in [0.717, 1.165) is 0 Å². The van der Waals surface area contributed by atoms with Gasteiger partial charge in [-0.25, -0.2) is 0 Å². The smallest absolute Gasteiger partial charge is 0.0465 e. The van der Waals surface area contributed by atoms with Gasteiger partial charge < -0.3 is 4.90 Å². The normalized spacial score (nSPS) is 16.9. The highest BCUT2D eigenvalue weighted by molar-refractivity contribution is 5.87. The molecule has 0 unspecified atom stereocenters. The third-order valence-corrected chi connectivity index (χ3v) is 10.2. The molecule has 0 aliphatic heterocycles. The first kappa shape index (κ1) is 24.9. The van der Waals surface area contributed by atoms with Crippen molar-refractivity contribution in [1.82, 2.24) is 0 Å². The van der Waals surface area contributed by atoms with Gasteiger partial charge in [-0.3, -0.25) is 0 Å². The van der Waals surface area contributed by atoms with Crippen LogP contribution in [0.4, 0.5) is 17.1 Å². The van der Waals surface area contributed by atoms with Crippen LogP contribution in [0.2, 0.25) is 0 Å². The molecular weight excluding hydrogens is 482 g/mol. The number of para-hydroxylation sites is 1. The van der Waals surface area contributed by atoms with Gasteiger partial charge in [0.15, 0.2) is 0 Å². The van der Waals surface area contributed by atoms with Crippen molar-refractivity contribution in [2.24, 2.45) is 0 Å². The number of rotatable bonds is 3. The molecule has 0 heterocycles. The molecule has 0 N–H and O–H groups in total. The molecule has 2 aliphatic rings. The predicted octanol–water partition coefficient (Wildman–Crippen LogP) is 10.7. The molecule has 5 aromatic carbocycles. The Labute approximate surface area is 239 Å². The first-order valence-corrected chi connectivity index (χ1v) is 14.5. The van der Waals surface area contributed by atoms with Gasteiger partial charge >= 0.3 is 0 Å². The van der Waals surface area contributed by atoms with Gasteiger partial charge in [-0.1, -0.05) is 120 Å². The molecule has 0 radical (unpaired) electrons. The van der Waals surface area contributed by atoms with Crippen molar-refractivity contribution < 1.29 is 0 Å². The molecule has 7 rings (SSSR count). The molecule has 1 heteroatoms. The monoisotopic (exact) mass is 519 g/mol. The summed E-state index contributed by atoms with van der Waals surface area (Å²) < 4.78 is 0. The quantitative estimate of drug-likeness (QED) is 0.229. The zero-order valence-corrected chi connectivity index (χ0v) is 24.4. The number of fused-ring (bicyclic) bond motifs is 6. The zero-order chi connectivity index (χ0) is 27.9. The Morgan fingerprint density at radius 2 is 0.825 bits per heavy atom. The van der Waals surface area contributed by atoms with Crippen LogP contribution in [0.3, 0.4) is 0 Å². The van der Waals surface area contributed by atoms with E-state index in [1.165, 1.54) is 61.6 Å². The second-order valence-electron chi connectivity index (χ2n) is 13.1. The topological polar surface area (TPSA) is 3.24 Å². The maximum atomic E-state index is 2.45. The lowest BCUT2D eigenvalue weighted by molar-refractivity contribution is 0.299. The molecule has 0 amide bonds. The van der Waals surface area contributed by atoms with Crippen molar-refractivity contribution in [3.63, 3.8) is 0 Å². The Hall–Kier alpha value is -4.10. The Balaban J connectivity index is 1.44. The Morgan fingerprint density at radius 1 is 0.375 bits per heavy atom. The molecule has 0 saturated heterocycles. The van der Waals surface area contributed by atoms with E-state index in [1.807, 2.05) is 0 Å². The maximum Gasteiger partial charge on any atom is 0.0465 e. The minimum Gasteiger partial charge on any atom is -0.310 e. The SMILES string of the molecule is CC1(C)c2ccccc2-c2ccc(N(c3ccccc3)c3ccc4c(c3)C(C)(C)C(C)(C)c3ccccc3-4)cc21. The summed E-state index contributed by atoms with van der Waals surface area (Å²) in [6.07, 6.45) is 0. The van der Waals surface area contributed by atoms with E-state index in [1.54, 1.807) is 0 Å². The molecule has 5 aromatic rings. The van der Waals surface area contributed by atoms with Crippen LogP contribution < -0.4 is 4.90 Å². The summed E-state index contributed by atoms with van der Waals surface area (Å²) in [5.74, 6) is 0. The van der Waals surface area contributed by atoms with Gasteiger partial charge in [0.05, 0.1) is 0 Å². The van der Waals surface area contributed by atoms with Crippen LogP contribution in [0.5, 0.6) is 0 Å². The minimum absolute atomic E-state index is 0.00381. The number of hydrogen-bond acceptors (Lipinski definition) is 1. The Bertz CT molecular complexity index is 1770. The Kier molecular flexibility index (Phi) is 5.26. The van der Waals surface area contributed by atoms with Crippen molar-refractivity contribution in [2.45, 2.75) is 57.8 Å². The third kappa shape index (κ3) is 3.33. The van der Waals surface area contributed by atoms with Crippen LogP contribution in [0.15, 0.2) is 115 Å². The van der Waals surface area contributed by atoms with Crippen LogP contribution in [0, 0.1) is 0 Å². The van der Waals surface area contributed by atoms with Gasteiger partial charge in [0.25, 0.3) is 0 Å². The minimum atomic E-state index is -0.0458. The van der Waals surface area contributed by atoms with Crippen molar-refractivity contribution in [3.8, 4) is 22.3 Å². The van der Waals surface area contributed by atoms with E-state index in [4.69, 9.17) is 0 Å². The molecule has 0 saturated carbocycles. The molecule has 0 bridgehead atoms. The number of hydrogen-bond donors (Lipinski definition) is 0. The van der Waals surface area contributed by atoms with Gasteiger partial charge in [-0.05, 0) is 91.7 Å². The maximum absolute atomic E-state index is 2.45. The van der Waals surface area contributed by atoms with Crippen molar-refractivity contribution >= 4 is 17.1 Å². The summed E-state index contributed by atoms with van der Waals surface area (Å²) in [7, 11) is 0. The lowest BCUT2D eigenvalue weighted by Crippen LogP contribution is -2.43. The second-order valence-corrected chi connectivity index (χ2v) is 13.1. The van der Waals surface area contributed by atoms with E-state index in [-0.39, 0.29) is 16.2 Å². The molecule has 198 valence electrons. The lowest BCUT2D eigenvalue weighted by Gasteiger charge is -2.48. The van der Waals surface area contributed by atoms with Crippen LogP contribution in [0.1, 0.15) is 63.8 Å². The standard InChI is InChI=1S/C39H37N/c1-37(2)33-18-12-10-16-29(33)31-22-20-27(24-35(31)37)40(26-14-8-7-9-15-26)28-21-23-32-30-17-11-13-19-34(30)38(3,4)39(5,6)36(32)25-28/h7-25H,1-6H3. The zero-order valence-electron chi connectivity index (χ0n) is 24.4. The number of nitrogens with zero attached hydrogens (tertiary/aromatic N) is 1. The fourth-order valence-corrected chi connectivity index (χ4v) is 7.22. The summed E-state index contributed by atoms with van der Waals surface area (Å²) in [5.41, 5.74) is 14.5. The van der Waals surface area contributed by atoms with Gasteiger partial charge in [0, 0.05) is 22.5 Å². The van der Waals surface area contributed by atoms with Crippen LogP contribution in [-0.2, 0) is 16.2 Å². The van der Waals surface area contributed by atoms with Gasteiger partial charge in [-0.2, -0.15) is 0 Å². The fraction of sp³-hybridized carbons (Fsp3) is 0.231.